The lowest BCUT2D eigenvalue weighted by atomic mass is 10.0. The van der Waals surface area contributed by atoms with Crippen LogP contribution in [0.1, 0.15) is 36.5 Å². The second kappa shape index (κ2) is 7.06. The molecular weight excluding hydrogens is 306 g/mol. The van der Waals surface area contributed by atoms with E-state index in [-0.39, 0.29) is 0 Å². The number of likely N-dealkylation sites (tertiary alicyclic amines) is 1. The van der Waals surface area contributed by atoms with Gasteiger partial charge in [0.2, 0.25) is 0 Å². The number of rotatable bonds is 5. The number of hydrogen-bond donors (Lipinski definition) is 0. The van der Waals surface area contributed by atoms with Gasteiger partial charge in [-0.05, 0) is 44.5 Å². The number of carbonyl (C=O) groups is 1. The molecule has 0 spiro atoms. The highest BCUT2D eigenvalue weighted by atomic mass is 79.9. The molecule has 1 unspecified atom stereocenters. The minimum atomic E-state index is 0.598. The lowest BCUT2D eigenvalue weighted by Gasteiger charge is -2.33. The molecule has 1 aliphatic heterocycles. The summed E-state index contributed by atoms with van der Waals surface area (Å²) in [5.41, 5.74) is 0.598. The normalized spacial score (nSPS) is 20.2. The van der Waals surface area contributed by atoms with Crippen molar-refractivity contribution >= 4 is 22.2 Å². The van der Waals surface area contributed by atoms with Gasteiger partial charge in [-0.2, -0.15) is 0 Å². The second-order valence-electron chi connectivity index (χ2n) is 5.03. The van der Waals surface area contributed by atoms with Crippen molar-refractivity contribution in [2.24, 2.45) is 0 Å². The monoisotopic (exact) mass is 325 g/mol. The van der Waals surface area contributed by atoms with Crippen molar-refractivity contribution < 1.29 is 9.53 Å². The third-order valence-corrected chi connectivity index (χ3v) is 4.17. The van der Waals surface area contributed by atoms with E-state index in [9.17, 15) is 4.79 Å². The summed E-state index contributed by atoms with van der Waals surface area (Å²) < 4.78 is 6.64. The van der Waals surface area contributed by atoms with Crippen molar-refractivity contribution in [3.8, 4) is 5.75 Å². The molecule has 3 nitrogen and oxygen atoms in total. The Hall–Kier alpha value is -0.870. The molecule has 1 atom stereocenters. The first-order chi connectivity index (χ1) is 9.20. The number of hydrogen-bond acceptors (Lipinski definition) is 3. The molecule has 1 saturated heterocycles. The van der Waals surface area contributed by atoms with Crippen LogP contribution in [0.5, 0.6) is 5.75 Å². The lowest BCUT2D eigenvalue weighted by Crippen LogP contribution is -2.39. The van der Waals surface area contributed by atoms with Gasteiger partial charge in [-0.3, -0.25) is 9.69 Å². The molecule has 0 bridgehead atoms. The summed E-state index contributed by atoms with van der Waals surface area (Å²) in [5, 5.41) is 0. The number of benzene rings is 1. The van der Waals surface area contributed by atoms with E-state index < -0.39 is 0 Å². The zero-order valence-corrected chi connectivity index (χ0v) is 12.9. The highest BCUT2D eigenvalue weighted by Crippen LogP contribution is 2.22. The fourth-order valence-electron chi connectivity index (χ4n) is 2.51. The molecule has 1 aromatic carbocycles. The average molecular weight is 326 g/mol. The lowest BCUT2D eigenvalue weighted by molar-refractivity contribution is 0.111. The molecule has 2 rings (SSSR count). The molecule has 104 valence electrons. The number of carbonyl (C=O) groups excluding carboxylic acids is 1. The summed E-state index contributed by atoms with van der Waals surface area (Å²) in [7, 11) is 0. The largest absolute Gasteiger partial charge is 0.492 e. The molecule has 0 saturated carbocycles. The van der Waals surface area contributed by atoms with Crippen molar-refractivity contribution in [1.29, 1.82) is 0 Å². The minimum absolute atomic E-state index is 0.598. The van der Waals surface area contributed by atoms with Gasteiger partial charge in [0, 0.05) is 17.1 Å². The van der Waals surface area contributed by atoms with Gasteiger partial charge in [0.25, 0.3) is 0 Å². The molecule has 4 heteroatoms. The van der Waals surface area contributed by atoms with E-state index in [0.717, 1.165) is 23.8 Å². The highest BCUT2D eigenvalue weighted by Gasteiger charge is 2.17. The first-order valence-electron chi connectivity index (χ1n) is 6.82. The van der Waals surface area contributed by atoms with Crippen LogP contribution in [0.2, 0.25) is 0 Å². The van der Waals surface area contributed by atoms with Crippen molar-refractivity contribution in [3.05, 3.63) is 28.2 Å². The van der Waals surface area contributed by atoms with Gasteiger partial charge in [-0.1, -0.05) is 22.4 Å². The van der Waals surface area contributed by atoms with Gasteiger partial charge in [0.05, 0.1) is 5.56 Å². The number of piperidine rings is 1. The van der Waals surface area contributed by atoms with E-state index in [2.05, 4.69) is 27.8 Å². The Kier molecular flexibility index (Phi) is 5.40. The van der Waals surface area contributed by atoms with Gasteiger partial charge in [0.15, 0.2) is 6.29 Å². The van der Waals surface area contributed by atoms with Crippen molar-refractivity contribution in [2.45, 2.75) is 32.2 Å². The van der Waals surface area contributed by atoms with Crippen LogP contribution in [-0.4, -0.2) is 36.9 Å². The van der Waals surface area contributed by atoms with Crippen LogP contribution in [0, 0.1) is 0 Å². The fourth-order valence-corrected chi connectivity index (χ4v) is 2.88. The molecule has 0 aromatic heterocycles. The van der Waals surface area contributed by atoms with E-state index in [1.54, 1.807) is 6.07 Å². The van der Waals surface area contributed by atoms with E-state index in [1.807, 2.05) is 12.1 Å². The Morgan fingerprint density at radius 1 is 1.47 bits per heavy atom. The molecule has 0 radical (unpaired) electrons. The second-order valence-corrected chi connectivity index (χ2v) is 5.94. The SMILES string of the molecule is CC1CCCCN1CCOc1ccc(Br)cc1C=O. The Morgan fingerprint density at radius 2 is 2.32 bits per heavy atom. The Balaban J connectivity index is 1.86. The van der Waals surface area contributed by atoms with Crippen LogP contribution in [0.25, 0.3) is 0 Å². The van der Waals surface area contributed by atoms with Gasteiger partial charge < -0.3 is 4.74 Å². The van der Waals surface area contributed by atoms with E-state index in [0.29, 0.717) is 24.0 Å². The molecule has 0 N–H and O–H groups in total. The molecule has 1 aliphatic rings. The maximum atomic E-state index is 11.0. The Bertz CT molecular complexity index is 436. The summed E-state index contributed by atoms with van der Waals surface area (Å²) in [5.74, 6) is 0.669. The van der Waals surface area contributed by atoms with Gasteiger partial charge in [-0.25, -0.2) is 0 Å². The van der Waals surface area contributed by atoms with Crippen molar-refractivity contribution in [3.63, 3.8) is 0 Å². The van der Waals surface area contributed by atoms with Crippen LogP contribution in [0.3, 0.4) is 0 Å². The summed E-state index contributed by atoms with van der Waals surface area (Å²) in [6, 6.07) is 6.17. The van der Waals surface area contributed by atoms with Crippen LogP contribution in [0.15, 0.2) is 22.7 Å². The van der Waals surface area contributed by atoms with Gasteiger partial charge >= 0.3 is 0 Å². The Morgan fingerprint density at radius 3 is 3.05 bits per heavy atom. The smallest absolute Gasteiger partial charge is 0.153 e. The van der Waals surface area contributed by atoms with Crippen molar-refractivity contribution in [2.75, 3.05) is 19.7 Å². The average Bonchev–Trinajstić information content (AvgIpc) is 2.42. The first kappa shape index (κ1) is 14.5. The van der Waals surface area contributed by atoms with Crippen LogP contribution >= 0.6 is 15.9 Å². The minimum Gasteiger partial charge on any atom is -0.492 e. The van der Waals surface area contributed by atoms with Gasteiger partial charge in [0.1, 0.15) is 12.4 Å². The summed E-state index contributed by atoms with van der Waals surface area (Å²) in [6.45, 7) is 4.99. The first-order valence-corrected chi connectivity index (χ1v) is 7.61. The number of nitrogens with zero attached hydrogens (tertiary/aromatic N) is 1. The number of aldehydes is 1. The van der Waals surface area contributed by atoms with E-state index >= 15 is 0 Å². The maximum Gasteiger partial charge on any atom is 0.153 e. The fraction of sp³-hybridized carbons (Fsp3) is 0.533. The quantitative estimate of drug-likeness (QED) is 0.776. The molecule has 1 heterocycles. The molecule has 19 heavy (non-hydrogen) atoms. The zero-order valence-electron chi connectivity index (χ0n) is 11.3. The standard InChI is InChI=1S/C15H20BrNO2/c1-12-4-2-3-7-17(12)8-9-19-15-6-5-14(16)10-13(15)11-18/h5-6,10-12H,2-4,7-9H2,1H3. The predicted molar refractivity (Wildman–Crippen MR) is 79.9 cm³/mol. The zero-order chi connectivity index (χ0) is 13.7. The Labute approximate surface area is 123 Å². The maximum absolute atomic E-state index is 11.0. The highest BCUT2D eigenvalue weighted by molar-refractivity contribution is 9.10. The topological polar surface area (TPSA) is 29.5 Å². The summed E-state index contributed by atoms with van der Waals surface area (Å²) in [6.07, 6.45) is 4.73. The molecule has 0 amide bonds. The van der Waals surface area contributed by atoms with Crippen LogP contribution < -0.4 is 4.74 Å². The van der Waals surface area contributed by atoms with E-state index in [1.165, 1.54) is 19.3 Å². The van der Waals surface area contributed by atoms with Crippen molar-refractivity contribution in [1.82, 2.24) is 4.90 Å². The molecular formula is C15H20BrNO2. The molecule has 0 aliphatic carbocycles. The van der Waals surface area contributed by atoms with Gasteiger partial charge in [-0.15, -0.1) is 0 Å². The predicted octanol–water partition coefficient (Wildman–Crippen LogP) is 3.51. The van der Waals surface area contributed by atoms with E-state index in [4.69, 9.17) is 4.74 Å². The number of ether oxygens (including phenoxy) is 1. The summed E-state index contributed by atoms with van der Waals surface area (Å²) in [4.78, 5) is 13.4. The third kappa shape index (κ3) is 4.05. The third-order valence-electron chi connectivity index (χ3n) is 3.68. The molecule has 1 fully saturated rings. The number of halogens is 1. The molecule has 1 aromatic rings. The summed E-state index contributed by atoms with van der Waals surface area (Å²) >= 11 is 3.35. The van der Waals surface area contributed by atoms with Crippen LogP contribution in [0.4, 0.5) is 0 Å². The van der Waals surface area contributed by atoms with Crippen LogP contribution in [-0.2, 0) is 0 Å².